The molecule has 3 N–H and O–H groups in total. The van der Waals surface area contributed by atoms with Crippen molar-refractivity contribution in [3.05, 3.63) is 12.3 Å². The highest BCUT2D eigenvalue weighted by molar-refractivity contribution is 5.33. The van der Waals surface area contributed by atoms with Crippen LogP contribution in [-0.2, 0) is 7.05 Å². The highest BCUT2D eigenvalue weighted by Gasteiger charge is 2.01. The van der Waals surface area contributed by atoms with Gasteiger partial charge in [0.05, 0.1) is 6.20 Å². The lowest BCUT2D eigenvalue weighted by atomic mass is 10.1. The molecule has 1 atom stereocenters. The minimum absolute atomic E-state index is 0.611. The van der Waals surface area contributed by atoms with Crippen LogP contribution in [0.1, 0.15) is 13.3 Å². The van der Waals surface area contributed by atoms with Crippen LogP contribution in [0.3, 0.4) is 0 Å². The number of rotatable bonds is 5. The van der Waals surface area contributed by atoms with Crippen molar-refractivity contribution in [2.24, 2.45) is 18.7 Å². The number of hydrogen-bond donors (Lipinski definition) is 2. The monoisotopic (exact) mass is 182 g/mol. The highest BCUT2D eigenvalue weighted by atomic mass is 15.3. The maximum atomic E-state index is 5.46. The van der Waals surface area contributed by atoms with Gasteiger partial charge in [0.2, 0.25) is 0 Å². The topological polar surface area (TPSA) is 55.9 Å². The molecule has 1 aromatic heterocycles. The van der Waals surface area contributed by atoms with E-state index in [1.165, 1.54) is 0 Å². The lowest BCUT2D eigenvalue weighted by molar-refractivity contribution is 0.565. The van der Waals surface area contributed by atoms with Gasteiger partial charge in [-0.25, -0.2) is 0 Å². The summed E-state index contributed by atoms with van der Waals surface area (Å²) >= 11 is 0. The second-order valence-electron chi connectivity index (χ2n) is 3.40. The summed E-state index contributed by atoms with van der Waals surface area (Å²) < 4.78 is 1.83. The summed E-state index contributed by atoms with van der Waals surface area (Å²) in [6, 6.07) is 1.97. The van der Waals surface area contributed by atoms with Gasteiger partial charge in [-0.2, -0.15) is 5.10 Å². The molecule has 1 aromatic rings. The number of nitrogens with one attached hydrogen (secondary N) is 1. The predicted molar refractivity (Wildman–Crippen MR) is 54.5 cm³/mol. The minimum Gasteiger partial charge on any atom is -0.370 e. The Labute approximate surface area is 79.1 Å². The Kier molecular flexibility index (Phi) is 3.76. The fraction of sp³-hybridized carbons (Fsp3) is 0.667. The number of aromatic nitrogens is 2. The summed E-state index contributed by atoms with van der Waals surface area (Å²) in [5.74, 6) is 1.67. The fourth-order valence-corrected chi connectivity index (χ4v) is 1.21. The molecule has 1 unspecified atom stereocenters. The molecule has 4 nitrogen and oxygen atoms in total. The van der Waals surface area contributed by atoms with E-state index in [4.69, 9.17) is 5.73 Å². The van der Waals surface area contributed by atoms with Crippen LogP contribution >= 0.6 is 0 Å². The van der Waals surface area contributed by atoms with Crippen molar-refractivity contribution in [2.45, 2.75) is 13.3 Å². The summed E-state index contributed by atoms with van der Waals surface area (Å²) in [6.07, 6.45) is 2.85. The SMILES string of the molecule is CC(CCN)CNc1ccnn1C. The third kappa shape index (κ3) is 3.06. The van der Waals surface area contributed by atoms with Crippen LogP contribution in [0, 0.1) is 5.92 Å². The zero-order valence-corrected chi connectivity index (χ0v) is 8.33. The zero-order valence-electron chi connectivity index (χ0n) is 8.33. The van der Waals surface area contributed by atoms with Gasteiger partial charge in [0.15, 0.2) is 0 Å². The third-order valence-corrected chi connectivity index (χ3v) is 2.11. The van der Waals surface area contributed by atoms with Crippen molar-refractivity contribution in [1.29, 1.82) is 0 Å². The Morgan fingerprint density at radius 1 is 1.69 bits per heavy atom. The van der Waals surface area contributed by atoms with Crippen molar-refractivity contribution in [3.63, 3.8) is 0 Å². The number of hydrogen-bond acceptors (Lipinski definition) is 3. The number of aryl methyl sites for hydroxylation is 1. The summed E-state index contributed by atoms with van der Waals surface area (Å²) in [7, 11) is 1.93. The molecule has 1 heterocycles. The normalized spacial score (nSPS) is 12.8. The van der Waals surface area contributed by atoms with E-state index < -0.39 is 0 Å². The number of nitrogens with two attached hydrogens (primary N) is 1. The summed E-state index contributed by atoms with van der Waals surface area (Å²) in [4.78, 5) is 0. The van der Waals surface area contributed by atoms with Gasteiger partial charge >= 0.3 is 0 Å². The molecule has 74 valence electrons. The molecule has 0 amide bonds. The van der Waals surface area contributed by atoms with Crippen LogP contribution in [-0.4, -0.2) is 22.9 Å². The summed E-state index contributed by atoms with van der Waals surface area (Å²) in [5.41, 5.74) is 5.46. The van der Waals surface area contributed by atoms with Crippen molar-refractivity contribution in [2.75, 3.05) is 18.4 Å². The van der Waals surface area contributed by atoms with Crippen LogP contribution in [0.2, 0.25) is 0 Å². The molecule has 0 saturated heterocycles. The first-order valence-electron chi connectivity index (χ1n) is 4.66. The predicted octanol–water partition coefficient (Wildman–Crippen LogP) is 0.817. The van der Waals surface area contributed by atoms with E-state index in [-0.39, 0.29) is 0 Å². The molecule has 0 radical (unpaired) electrons. The molecule has 0 aliphatic rings. The lowest BCUT2D eigenvalue weighted by Gasteiger charge is -2.11. The van der Waals surface area contributed by atoms with Crippen molar-refractivity contribution >= 4 is 5.82 Å². The average Bonchev–Trinajstić information content (AvgIpc) is 2.48. The largest absolute Gasteiger partial charge is 0.370 e. The molecule has 0 aromatic carbocycles. The molecule has 0 aliphatic carbocycles. The maximum Gasteiger partial charge on any atom is 0.123 e. The van der Waals surface area contributed by atoms with Crippen molar-refractivity contribution in [3.8, 4) is 0 Å². The van der Waals surface area contributed by atoms with Crippen LogP contribution in [0.25, 0.3) is 0 Å². The second kappa shape index (κ2) is 4.87. The van der Waals surface area contributed by atoms with E-state index in [2.05, 4.69) is 17.3 Å². The first kappa shape index (κ1) is 10.1. The van der Waals surface area contributed by atoms with E-state index in [1.807, 2.05) is 17.8 Å². The van der Waals surface area contributed by atoms with Crippen molar-refractivity contribution in [1.82, 2.24) is 9.78 Å². The smallest absolute Gasteiger partial charge is 0.123 e. The molecule has 0 bridgehead atoms. The lowest BCUT2D eigenvalue weighted by Crippen LogP contribution is -2.16. The summed E-state index contributed by atoms with van der Waals surface area (Å²) in [5, 5.41) is 7.39. The third-order valence-electron chi connectivity index (χ3n) is 2.11. The molecule has 0 fully saturated rings. The average molecular weight is 182 g/mol. The Balaban J connectivity index is 2.30. The second-order valence-corrected chi connectivity index (χ2v) is 3.40. The molecular weight excluding hydrogens is 164 g/mol. The van der Waals surface area contributed by atoms with Crippen LogP contribution < -0.4 is 11.1 Å². The molecule has 4 heteroatoms. The van der Waals surface area contributed by atoms with Gasteiger partial charge in [0.1, 0.15) is 5.82 Å². The van der Waals surface area contributed by atoms with Gasteiger partial charge in [-0.1, -0.05) is 6.92 Å². The van der Waals surface area contributed by atoms with Gasteiger partial charge in [-0.3, -0.25) is 4.68 Å². The van der Waals surface area contributed by atoms with Gasteiger partial charge in [-0.05, 0) is 18.9 Å². The summed E-state index contributed by atoms with van der Waals surface area (Å²) in [6.45, 7) is 3.90. The number of anilines is 1. The van der Waals surface area contributed by atoms with Crippen LogP contribution in [0.4, 0.5) is 5.82 Å². The molecule has 0 aliphatic heterocycles. The Morgan fingerprint density at radius 3 is 3.00 bits per heavy atom. The van der Waals surface area contributed by atoms with E-state index in [9.17, 15) is 0 Å². The number of nitrogens with zero attached hydrogens (tertiary/aromatic N) is 2. The Bertz CT molecular complexity index is 244. The van der Waals surface area contributed by atoms with E-state index in [0.717, 1.165) is 25.3 Å². The molecule has 1 rings (SSSR count). The van der Waals surface area contributed by atoms with Gasteiger partial charge in [-0.15, -0.1) is 0 Å². The fourth-order valence-electron chi connectivity index (χ4n) is 1.21. The van der Waals surface area contributed by atoms with Crippen molar-refractivity contribution < 1.29 is 0 Å². The molecule has 13 heavy (non-hydrogen) atoms. The van der Waals surface area contributed by atoms with E-state index in [0.29, 0.717) is 5.92 Å². The molecular formula is C9H18N4. The van der Waals surface area contributed by atoms with Crippen LogP contribution in [0.15, 0.2) is 12.3 Å². The molecule has 0 saturated carbocycles. The van der Waals surface area contributed by atoms with Crippen LogP contribution in [0.5, 0.6) is 0 Å². The first-order chi connectivity index (χ1) is 6.24. The maximum absolute atomic E-state index is 5.46. The van der Waals surface area contributed by atoms with E-state index in [1.54, 1.807) is 6.20 Å². The van der Waals surface area contributed by atoms with Gasteiger partial charge < -0.3 is 11.1 Å². The zero-order chi connectivity index (χ0) is 9.68. The standard InChI is InChI=1S/C9H18N4/c1-8(3-5-10)7-11-9-4-6-12-13(9)2/h4,6,8,11H,3,5,7,10H2,1-2H3. The first-order valence-corrected chi connectivity index (χ1v) is 4.66. The van der Waals surface area contributed by atoms with Gasteiger partial charge in [0, 0.05) is 19.7 Å². The van der Waals surface area contributed by atoms with E-state index >= 15 is 0 Å². The minimum atomic E-state index is 0.611. The Morgan fingerprint density at radius 2 is 2.46 bits per heavy atom. The highest BCUT2D eigenvalue weighted by Crippen LogP contribution is 2.06. The Hall–Kier alpha value is -1.03. The quantitative estimate of drug-likeness (QED) is 0.708. The molecule has 0 spiro atoms. The van der Waals surface area contributed by atoms with Gasteiger partial charge in [0.25, 0.3) is 0 Å².